The van der Waals surface area contributed by atoms with E-state index in [0.29, 0.717) is 13.2 Å². The first kappa shape index (κ1) is 14.8. The Morgan fingerprint density at radius 1 is 1.06 bits per heavy atom. The van der Waals surface area contributed by atoms with E-state index < -0.39 is 0 Å². The maximum Gasteiger partial charge on any atom is 0.126 e. The zero-order valence-electron chi connectivity index (χ0n) is 12.0. The van der Waals surface area contributed by atoms with Crippen molar-refractivity contribution in [3.05, 3.63) is 23.8 Å². The first-order valence-corrected chi connectivity index (χ1v) is 6.70. The summed E-state index contributed by atoms with van der Waals surface area (Å²) in [5, 5.41) is 0. The molecule has 0 heterocycles. The van der Waals surface area contributed by atoms with Gasteiger partial charge in [-0.15, -0.1) is 0 Å². The zero-order chi connectivity index (χ0) is 13.4. The third-order valence-corrected chi connectivity index (χ3v) is 2.70. The topological polar surface area (TPSA) is 21.7 Å². The fourth-order valence-electron chi connectivity index (χ4n) is 1.87. The molecule has 18 heavy (non-hydrogen) atoms. The Kier molecular flexibility index (Phi) is 6.58. The molecule has 0 unspecified atom stereocenters. The predicted molar refractivity (Wildman–Crippen MR) is 75.7 cm³/mol. The summed E-state index contributed by atoms with van der Waals surface area (Å²) in [5.41, 5.74) is 1.27. The van der Waals surface area contributed by atoms with Crippen molar-refractivity contribution in [2.45, 2.75) is 26.7 Å². The van der Waals surface area contributed by atoms with Gasteiger partial charge in [-0.25, -0.2) is 0 Å². The SMILES string of the molecule is CCOc1ccc(CCCN(C)C)c(OCC)c1. The molecule has 1 rings (SSSR count). The number of rotatable bonds is 8. The lowest BCUT2D eigenvalue weighted by Crippen LogP contribution is -2.13. The Balaban J connectivity index is 2.69. The normalized spacial score (nSPS) is 10.7. The molecule has 102 valence electrons. The van der Waals surface area contributed by atoms with E-state index in [1.54, 1.807) is 0 Å². The first-order valence-electron chi connectivity index (χ1n) is 6.70. The number of ether oxygens (including phenoxy) is 2. The first-order chi connectivity index (χ1) is 8.67. The Morgan fingerprint density at radius 3 is 2.39 bits per heavy atom. The Bertz CT molecular complexity index is 350. The lowest BCUT2D eigenvalue weighted by Gasteiger charge is -2.14. The average molecular weight is 251 g/mol. The van der Waals surface area contributed by atoms with E-state index in [9.17, 15) is 0 Å². The largest absolute Gasteiger partial charge is 0.494 e. The standard InChI is InChI=1S/C15H25NO2/c1-5-17-14-10-9-13(8-7-11-16(3)4)15(12-14)18-6-2/h9-10,12H,5-8,11H2,1-4H3. The van der Waals surface area contributed by atoms with Crippen molar-refractivity contribution in [2.75, 3.05) is 33.9 Å². The van der Waals surface area contributed by atoms with Crippen molar-refractivity contribution in [3.8, 4) is 11.5 Å². The molecule has 0 amide bonds. The molecule has 0 fully saturated rings. The summed E-state index contributed by atoms with van der Waals surface area (Å²) in [5.74, 6) is 1.85. The number of nitrogens with zero attached hydrogens (tertiary/aromatic N) is 1. The van der Waals surface area contributed by atoms with Crippen LogP contribution in [0.4, 0.5) is 0 Å². The number of hydrogen-bond acceptors (Lipinski definition) is 3. The molecule has 3 nitrogen and oxygen atoms in total. The predicted octanol–water partition coefficient (Wildman–Crippen LogP) is 2.98. The second-order valence-corrected chi connectivity index (χ2v) is 4.54. The maximum atomic E-state index is 5.69. The summed E-state index contributed by atoms with van der Waals surface area (Å²) in [7, 11) is 4.20. The highest BCUT2D eigenvalue weighted by Crippen LogP contribution is 2.26. The monoisotopic (exact) mass is 251 g/mol. The summed E-state index contributed by atoms with van der Waals surface area (Å²) < 4.78 is 11.2. The van der Waals surface area contributed by atoms with Crippen LogP contribution in [-0.2, 0) is 6.42 Å². The van der Waals surface area contributed by atoms with Crippen LogP contribution in [0.2, 0.25) is 0 Å². The number of hydrogen-bond donors (Lipinski definition) is 0. The van der Waals surface area contributed by atoms with Gasteiger partial charge in [-0.05, 0) is 59.0 Å². The van der Waals surface area contributed by atoms with Gasteiger partial charge in [-0.1, -0.05) is 6.07 Å². The number of benzene rings is 1. The molecule has 0 bridgehead atoms. The highest BCUT2D eigenvalue weighted by Gasteiger charge is 2.06. The van der Waals surface area contributed by atoms with E-state index in [-0.39, 0.29) is 0 Å². The Morgan fingerprint density at radius 2 is 1.78 bits per heavy atom. The third kappa shape index (κ3) is 4.96. The van der Waals surface area contributed by atoms with Gasteiger partial charge in [0.2, 0.25) is 0 Å². The van der Waals surface area contributed by atoms with Crippen LogP contribution in [0, 0.1) is 0 Å². The number of aryl methyl sites for hydroxylation is 1. The van der Waals surface area contributed by atoms with Crippen LogP contribution in [0.5, 0.6) is 11.5 Å². The molecule has 0 saturated heterocycles. The van der Waals surface area contributed by atoms with Crippen LogP contribution in [0.25, 0.3) is 0 Å². The van der Waals surface area contributed by atoms with Crippen molar-refractivity contribution < 1.29 is 9.47 Å². The van der Waals surface area contributed by atoms with Gasteiger partial charge < -0.3 is 14.4 Å². The molecule has 1 aromatic carbocycles. The summed E-state index contributed by atoms with van der Waals surface area (Å²) in [6, 6.07) is 6.14. The lowest BCUT2D eigenvalue weighted by atomic mass is 10.1. The highest BCUT2D eigenvalue weighted by molar-refractivity contribution is 5.40. The molecule has 0 aromatic heterocycles. The van der Waals surface area contributed by atoms with Gasteiger partial charge in [0.1, 0.15) is 11.5 Å². The van der Waals surface area contributed by atoms with Gasteiger partial charge in [-0.3, -0.25) is 0 Å². The Labute approximate surface area is 111 Å². The molecule has 0 atom stereocenters. The molecule has 0 saturated carbocycles. The summed E-state index contributed by atoms with van der Waals surface area (Å²) in [6.45, 7) is 6.48. The summed E-state index contributed by atoms with van der Waals surface area (Å²) in [4.78, 5) is 2.20. The highest BCUT2D eigenvalue weighted by atomic mass is 16.5. The summed E-state index contributed by atoms with van der Waals surface area (Å²) >= 11 is 0. The third-order valence-electron chi connectivity index (χ3n) is 2.70. The minimum absolute atomic E-state index is 0.686. The Hall–Kier alpha value is -1.22. The molecule has 1 aromatic rings. The molecule has 0 radical (unpaired) electrons. The molecule has 3 heteroatoms. The van der Waals surface area contributed by atoms with Gasteiger partial charge in [0.25, 0.3) is 0 Å². The van der Waals surface area contributed by atoms with E-state index in [1.807, 2.05) is 26.0 Å². The second-order valence-electron chi connectivity index (χ2n) is 4.54. The van der Waals surface area contributed by atoms with Crippen molar-refractivity contribution in [1.82, 2.24) is 4.90 Å². The molecular weight excluding hydrogens is 226 g/mol. The van der Waals surface area contributed by atoms with Crippen LogP contribution < -0.4 is 9.47 Å². The van der Waals surface area contributed by atoms with E-state index >= 15 is 0 Å². The quantitative estimate of drug-likeness (QED) is 0.709. The van der Waals surface area contributed by atoms with Crippen molar-refractivity contribution in [2.24, 2.45) is 0 Å². The minimum Gasteiger partial charge on any atom is -0.494 e. The van der Waals surface area contributed by atoms with Gasteiger partial charge in [0.05, 0.1) is 13.2 Å². The van der Waals surface area contributed by atoms with Crippen LogP contribution in [0.3, 0.4) is 0 Å². The zero-order valence-corrected chi connectivity index (χ0v) is 12.0. The molecular formula is C15H25NO2. The molecule has 0 aliphatic rings. The maximum absolute atomic E-state index is 5.69. The second kappa shape index (κ2) is 7.98. The molecule has 0 spiro atoms. The van der Waals surface area contributed by atoms with E-state index in [2.05, 4.69) is 25.1 Å². The van der Waals surface area contributed by atoms with Crippen molar-refractivity contribution in [1.29, 1.82) is 0 Å². The minimum atomic E-state index is 0.686. The van der Waals surface area contributed by atoms with Crippen molar-refractivity contribution in [3.63, 3.8) is 0 Å². The van der Waals surface area contributed by atoms with Crippen LogP contribution >= 0.6 is 0 Å². The lowest BCUT2D eigenvalue weighted by molar-refractivity contribution is 0.319. The van der Waals surface area contributed by atoms with Gasteiger partial charge >= 0.3 is 0 Å². The van der Waals surface area contributed by atoms with Crippen LogP contribution in [0.15, 0.2) is 18.2 Å². The van der Waals surface area contributed by atoms with Gasteiger partial charge in [0, 0.05) is 6.07 Å². The van der Waals surface area contributed by atoms with Gasteiger partial charge in [0.15, 0.2) is 0 Å². The smallest absolute Gasteiger partial charge is 0.126 e. The average Bonchev–Trinajstić information content (AvgIpc) is 2.32. The van der Waals surface area contributed by atoms with E-state index in [1.165, 1.54) is 5.56 Å². The molecule has 0 aliphatic heterocycles. The molecule has 0 aliphatic carbocycles. The fourth-order valence-corrected chi connectivity index (χ4v) is 1.87. The molecule has 0 N–H and O–H groups in total. The van der Waals surface area contributed by atoms with Gasteiger partial charge in [-0.2, -0.15) is 0 Å². The summed E-state index contributed by atoms with van der Waals surface area (Å²) in [6.07, 6.45) is 2.18. The van der Waals surface area contributed by atoms with E-state index in [4.69, 9.17) is 9.47 Å². The van der Waals surface area contributed by atoms with Crippen molar-refractivity contribution >= 4 is 0 Å². The van der Waals surface area contributed by atoms with E-state index in [0.717, 1.165) is 30.9 Å². The van der Waals surface area contributed by atoms with Crippen LogP contribution in [0.1, 0.15) is 25.8 Å². The fraction of sp³-hybridized carbons (Fsp3) is 0.600. The van der Waals surface area contributed by atoms with Crippen LogP contribution in [-0.4, -0.2) is 38.8 Å².